The van der Waals surface area contributed by atoms with Gasteiger partial charge in [0.25, 0.3) is 5.56 Å². The number of nitrogen functional groups attached to an aromatic ring is 2. The number of nitriles is 1. The van der Waals surface area contributed by atoms with Crippen molar-refractivity contribution in [3.05, 3.63) is 74.0 Å². The molecule has 0 saturated heterocycles. The van der Waals surface area contributed by atoms with E-state index in [1.165, 1.54) is 10.6 Å². The van der Waals surface area contributed by atoms with Crippen molar-refractivity contribution in [2.24, 2.45) is 0 Å². The first-order valence-electron chi connectivity index (χ1n) is 9.47. The fraction of sp³-hybridized carbons (Fsp3) is 0.0952. The van der Waals surface area contributed by atoms with Crippen LogP contribution in [0.1, 0.15) is 24.4 Å². The topological polar surface area (TPSA) is 149 Å². The summed E-state index contributed by atoms with van der Waals surface area (Å²) in [7, 11) is 0. The molecule has 12 heteroatoms. The molecular weight excluding hydrogens is 470 g/mol. The van der Waals surface area contributed by atoms with Gasteiger partial charge >= 0.3 is 0 Å². The van der Waals surface area contributed by atoms with Gasteiger partial charge in [0.05, 0.1) is 27.7 Å². The Balaban J connectivity index is 1.97. The summed E-state index contributed by atoms with van der Waals surface area (Å²) < 4.78 is 15.4. The van der Waals surface area contributed by atoms with Crippen molar-refractivity contribution in [2.75, 3.05) is 16.8 Å². The van der Waals surface area contributed by atoms with E-state index in [-0.39, 0.29) is 50.1 Å². The highest BCUT2D eigenvalue weighted by molar-refractivity contribution is 6.35. The molecule has 4 rings (SSSR count). The zero-order valence-electron chi connectivity index (χ0n) is 17.0. The quantitative estimate of drug-likeness (QED) is 0.395. The summed E-state index contributed by atoms with van der Waals surface area (Å²) in [5.41, 5.74) is 11.4. The van der Waals surface area contributed by atoms with Crippen molar-refractivity contribution in [2.45, 2.75) is 13.0 Å². The molecule has 0 saturated carbocycles. The Morgan fingerprint density at radius 1 is 1.18 bits per heavy atom. The predicted molar refractivity (Wildman–Crippen MR) is 125 cm³/mol. The fourth-order valence-corrected chi connectivity index (χ4v) is 3.86. The maximum Gasteiger partial charge on any atom is 0.267 e. The summed E-state index contributed by atoms with van der Waals surface area (Å²) in [5.74, 6) is -0.658. The standard InChI is InChI=1S/C21H15Cl2FN8O/c1-9(28-18-13(8-25)17(26)30-21(27)31-18)19-29-15-4-2-3-14(23)16(15)20(33)32(19)12-6-10(22)5-11(24)7-12/h2-7,9H,1H3,(H5,26,27,28,30,31). The number of nitrogens with one attached hydrogen (secondary N) is 1. The Morgan fingerprint density at radius 3 is 2.64 bits per heavy atom. The monoisotopic (exact) mass is 484 g/mol. The van der Waals surface area contributed by atoms with E-state index in [0.29, 0.717) is 5.52 Å². The van der Waals surface area contributed by atoms with E-state index >= 15 is 0 Å². The van der Waals surface area contributed by atoms with Crippen LogP contribution in [0.3, 0.4) is 0 Å². The molecule has 5 N–H and O–H groups in total. The van der Waals surface area contributed by atoms with E-state index in [4.69, 9.17) is 34.7 Å². The molecule has 1 atom stereocenters. The average Bonchev–Trinajstić information content (AvgIpc) is 2.72. The molecule has 33 heavy (non-hydrogen) atoms. The van der Waals surface area contributed by atoms with Gasteiger partial charge in [-0.1, -0.05) is 29.3 Å². The highest BCUT2D eigenvalue weighted by Gasteiger charge is 2.22. The Hall–Kier alpha value is -3.94. The van der Waals surface area contributed by atoms with Gasteiger partial charge in [0.2, 0.25) is 5.95 Å². The second kappa shape index (κ2) is 8.54. The zero-order valence-corrected chi connectivity index (χ0v) is 18.5. The zero-order chi connectivity index (χ0) is 23.9. The van der Waals surface area contributed by atoms with Gasteiger partial charge in [-0.25, -0.2) is 9.37 Å². The summed E-state index contributed by atoms with van der Waals surface area (Å²) in [4.78, 5) is 25.9. The van der Waals surface area contributed by atoms with Crippen molar-refractivity contribution in [1.82, 2.24) is 19.5 Å². The maximum atomic E-state index is 14.2. The van der Waals surface area contributed by atoms with Gasteiger partial charge in [0, 0.05) is 5.02 Å². The molecule has 4 aromatic rings. The Kier molecular flexibility index (Phi) is 5.76. The van der Waals surface area contributed by atoms with Gasteiger partial charge in [0.1, 0.15) is 29.1 Å². The summed E-state index contributed by atoms with van der Waals surface area (Å²) >= 11 is 12.3. The fourth-order valence-electron chi connectivity index (χ4n) is 3.40. The predicted octanol–water partition coefficient (Wildman–Crippen LogP) is 3.83. The molecule has 2 aromatic carbocycles. The summed E-state index contributed by atoms with van der Waals surface area (Å²) in [6.45, 7) is 1.67. The smallest absolute Gasteiger partial charge is 0.267 e. The molecule has 0 radical (unpaired) electrons. The van der Waals surface area contributed by atoms with Crippen LogP contribution in [0.25, 0.3) is 16.6 Å². The van der Waals surface area contributed by atoms with E-state index in [9.17, 15) is 14.4 Å². The molecule has 0 fully saturated rings. The number of hydrogen-bond acceptors (Lipinski definition) is 8. The van der Waals surface area contributed by atoms with E-state index in [1.807, 2.05) is 6.07 Å². The van der Waals surface area contributed by atoms with Crippen LogP contribution in [-0.4, -0.2) is 19.5 Å². The van der Waals surface area contributed by atoms with Crippen LogP contribution in [0.5, 0.6) is 0 Å². The number of halogens is 3. The van der Waals surface area contributed by atoms with Crippen molar-refractivity contribution in [3.8, 4) is 11.8 Å². The third kappa shape index (κ3) is 4.11. The molecule has 0 aliphatic carbocycles. The lowest BCUT2D eigenvalue weighted by atomic mass is 10.2. The van der Waals surface area contributed by atoms with E-state index in [0.717, 1.165) is 12.1 Å². The lowest BCUT2D eigenvalue weighted by Crippen LogP contribution is -2.28. The van der Waals surface area contributed by atoms with Crippen LogP contribution < -0.4 is 22.3 Å². The van der Waals surface area contributed by atoms with Gasteiger partial charge in [-0.3, -0.25) is 9.36 Å². The second-order valence-electron chi connectivity index (χ2n) is 7.04. The first-order valence-corrected chi connectivity index (χ1v) is 10.2. The average molecular weight is 485 g/mol. The van der Waals surface area contributed by atoms with Crippen LogP contribution in [-0.2, 0) is 0 Å². The summed E-state index contributed by atoms with van der Waals surface area (Å²) in [5, 5.41) is 12.9. The number of aromatic nitrogens is 4. The largest absolute Gasteiger partial charge is 0.382 e. The number of fused-ring (bicyclic) bond motifs is 1. The third-order valence-corrected chi connectivity index (χ3v) is 5.32. The molecule has 2 heterocycles. The lowest BCUT2D eigenvalue weighted by Gasteiger charge is -2.21. The molecule has 0 aliphatic rings. The second-order valence-corrected chi connectivity index (χ2v) is 7.88. The molecule has 0 spiro atoms. The molecule has 9 nitrogen and oxygen atoms in total. The lowest BCUT2D eigenvalue weighted by molar-refractivity contribution is 0.624. The molecule has 0 amide bonds. The van der Waals surface area contributed by atoms with Crippen molar-refractivity contribution < 1.29 is 4.39 Å². The number of hydrogen-bond donors (Lipinski definition) is 3. The summed E-state index contributed by atoms with van der Waals surface area (Å²) in [6.07, 6.45) is 0. The van der Waals surface area contributed by atoms with Gasteiger partial charge in [-0.05, 0) is 37.3 Å². The van der Waals surface area contributed by atoms with Crippen LogP contribution in [0.15, 0.2) is 41.2 Å². The van der Waals surface area contributed by atoms with Gasteiger partial charge in [-0.2, -0.15) is 15.2 Å². The Labute approximate surface area is 196 Å². The molecule has 0 bridgehead atoms. The highest BCUT2D eigenvalue weighted by atomic mass is 35.5. The SMILES string of the molecule is CC(Nc1nc(N)nc(N)c1C#N)c1nc2cccc(Cl)c2c(=O)n1-c1cc(F)cc(Cl)c1. The normalized spacial score (nSPS) is 11.8. The molecule has 2 aromatic heterocycles. The molecule has 0 aliphatic heterocycles. The van der Waals surface area contributed by atoms with E-state index in [1.54, 1.807) is 25.1 Å². The van der Waals surface area contributed by atoms with Gasteiger partial charge < -0.3 is 16.8 Å². The van der Waals surface area contributed by atoms with Crippen LogP contribution in [0.2, 0.25) is 10.0 Å². The maximum absolute atomic E-state index is 14.2. The minimum atomic E-state index is -0.732. The number of anilines is 3. The van der Waals surface area contributed by atoms with Crippen molar-refractivity contribution in [3.63, 3.8) is 0 Å². The van der Waals surface area contributed by atoms with Crippen molar-refractivity contribution >= 4 is 51.7 Å². The van der Waals surface area contributed by atoms with Crippen LogP contribution >= 0.6 is 23.2 Å². The number of nitrogens with two attached hydrogens (primary N) is 2. The first kappa shape index (κ1) is 22.3. The summed E-state index contributed by atoms with van der Waals surface area (Å²) in [6, 6.07) is 9.71. The third-order valence-electron chi connectivity index (χ3n) is 4.78. The number of nitrogens with zero attached hydrogens (tertiary/aromatic N) is 5. The molecule has 166 valence electrons. The first-order chi connectivity index (χ1) is 15.7. The Bertz CT molecular complexity index is 1500. The highest BCUT2D eigenvalue weighted by Crippen LogP contribution is 2.27. The minimum Gasteiger partial charge on any atom is -0.382 e. The number of rotatable bonds is 4. The molecular formula is C21H15Cl2FN8O. The van der Waals surface area contributed by atoms with Crippen molar-refractivity contribution in [1.29, 1.82) is 5.26 Å². The minimum absolute atomic E-state index is 0.0254. The van der Waals surface area contributed by atoms with Crippen LogP contribution in [0.4, 0.5) is 22.0 Å². The Morgan fingerprint density at radius 2 is 1.94 bits per heavy atom. The number of benzene rings is 2. The van der Waals surface area contributed by atoms with E-state index in [2.05, 4.69) is 20.3 Å². The molecule has 1 unspecified atom stereocenters. The van der Waals surface area contributed by atoms with Gasteiger partial charge in [0.15, 0.2) is 5.82 Å². The van der Waals surface area contributed by atoms with E-state index < -0.39 is 17.4 Å². The van der Waals surface area contributed by atoms with Crippen LogP contribution in [0, 0.1) is 17.1 Å². The van der Waals surface area contributed by atoms with Gasteiger partial charge in [-0.15, -0.1) is 0 Å².